The molecule has 1 aliphatic rings. The molecule has 0 unspecified atom stereocenters. The van der Waals surface area contributed by atoms with Crippen molar-refractivity contribution in [1.82, 2.24) is 5.16 Å². The number of aryl methyl sites for hydroxylation is 1. The predicted molar refractivity (Wildman–Crippen MR) is 82.4 cm³/mol. The monoisotopic (exact) mass is 330 g/mol. The van der Waals surface area contributed by atoms with Gasteiger partial charge in [0.05, 0.1) is 5.69 Å². The number of fused-ring (bicyclic) bond motifs is 1. The summed E-state index contributed by atoms with van der Waals surface area (Å²) in [6.07, 6.45) is 2.78. The first-order valence-corrected chi connectivity index (χ1v) is 7.08. The molecule has 3 rings (SSSR count). The van der Waals surface area contributed by atoms with E-state index in [2.05, 4.69) is 10.5 Å². The van der Waals surface area contributed by atoms with Crippen LogP contribution in [0.2, 0.25) is 0 Å². The molecule has 8 nitrogen and oxygen atoms in total. The minimum absolute atomic E-state index is 0.185. The summed E-state index contributed by atoms with van der Waals surface area (Å²) in [6.45, 7) is 1.48. The Labute approximate surface area is 137 Å². The molecule has 1 aliphatic heterocycles. The number of amides is 1. The Kier molecular flexibility index (Phi) is 4.46. The third kappa shape index (κ3) is 3.92. The van der Waals surface area contributed by atoms with Crippen LogP contribution in [0, 0.1) is 6.92 Å². The maximum absolute atomic E-state index is 11.6. The van der Waals surface area contributed by atoms with Gasteiger partial charge in [-0.15, -0.1) is 0 Å². The maximum atomic E-state index is 11.6. The molecule has 1 N–H and O–H groups in total. The van der Waals surface area contributed by atoms with Crippen LogP contribution < -0.4 is 14.8 Å². The Morgan fingerprint density at radius 2 is 2.12 bits per heavy atom. The molecule has 0 saturated heterocycles. The molecule has 0 aliphatic carbocycles. The average Bonchev–Trinajstić information content (AvgIpc) is 3.19. The van der Waals surface area contributed by atoms with Crippen molar-refractivity contribution in [1.29, 1.82) is 0 Å². The van der Waals surface area contributed by atoms with Crippen molar-refractivity contribution in [2.24, 2.45) is 0 Å². The topological polar surface area (TPSA) is 99.9 Å². The molecule has 8 heteroatoms. The zero-order valence-electron chi connectivity index (χ0n) is 12.8. The summed E-state index contributed by atoms with van der Waals surface area (Å²) in [4.78, 5) is 23.2. The Hall–Kier alpha value is -3.29. The lowest BCUT2D eigenvalue weighted by atomic mass is 10.2. The number of benzene rings is 1. The van der Waals surface area contributed by atoms with Gasteiger partial charge in [0.25, 0.3) is 5.91 Å². The maximum Gasteiger partial charge on any atom is 0.331 e. The summed E-state index contributed by atoms with van der Waals surface area (Å²) in [6, 6.07) is 6.82. The Balaban J connectivity index is 1.47. The molecule has 0 bridgehead atoms. The third-order valence-electron chi connectivity index (χ3n) is 3.04. The fourth-order valence-electron chi connectivity index (χ4n) is 1.96. The van der Waals surface area contributed by atoms with E-state index in [1.807, 2.05) is 0 Å². The normalized spacial score (nSPS) is 12.4. The summed E-state index contributed by atoms with van der Waals surface area (Å²) < 4.78 is 20.1. The molecule has 124 valence electrons. The van der Waals surface area contributed by atoms with Crippen molar-refractivity contribution in [3.8, 4) is 11.5 Å². The van der Waals surface area contributed by atoms with E-state index in [1.165, 1.54) is 6.08 Å². The van der Waals surface area contributed by atoms with Gasteiger partial charge in [-0.3, -0.25) is 10.1 Å². The number of nitrogens with one attached hydrogen (secondary N) is 1. The lowest BCUT2D eigenvalue weighted by molar-refractivity contribution is -0.142. The first kappa shape index (κ1) is 15.6. The molecular formula is C16H14N2O6. The molecule has 0 radical (unpaired) electrons. The number of esters is 1. The first-order valence-electron chi connectivity index (χ1n) is 7.08. The second kappa shape index (κ2) is 6.86. The van der Waals surface area contributed by atoms with Crippen LogP contribution in [0.5, 0.6) is 11.5 Å². The molecule has 0 atom stereocenters. The van der Waals surface area contributed by atoms with Crippen LogP contribution in [0.1, 0.15) is 11.3 Å². The van der Waals surface area contributed by atoms with Crippen molar-refractivity contribution in [3.05, 3.63) is 41.6 Å². The van der Waals surface area contributed by atoms with Crippen LogP contribution in [0.4, 0.5) is 5.88 Å². The van der Waals surface area contributed by atoms with E-state index in [9.17, 15) is 9.59 Å². The van der Waals surface area contributed by atoms with Gasteiger partial charge in [-0.05, 0) is 30.7 Å². The Bertz CT molecular complexity index is 796. The lowest BCUT2D eigenvalue weighted by Crippen LogP contribution is -2.19. The van der Waals surface area contributed by atoms with E-state index in [-0.39, 0.29) is 12.7 Å². The molecule has 0 fully saturated rings. The van der Waals surface area contributed by atoms with Gasteiger partial charge >= 0.3 is 5.97 Å². The van der Waals surface area contributed by atoms with Crippen molar-refractivity contribution >= 4 is 23.8 Å². The summed E-state index contributed by atoms with van der Waals surface area (Å²) >= 11 is 0. The quantitative estimate of drug-likeness (QED) is 0.660. The van der Waals surface area contributed by atoms with E-state index in [0.717, 1.165) is 5.56 Å². The van der Waals surface area contributed by atoms with Crippen LogP contribution in [-0.4, -0.2) is 30.4 Å². The zero-order valence-corrected chi connectivity index (χ0v) is 12.8. The number of hydrogen-bond acceptors (Lipinski definition) is 7. The van der Waals surface area contributed by atoms with E-state index < -0.39 is 18.5 Å². The van der Waals surface area contributed by atoms with Crippen molar-refractivity contribution < 1.29 is 28.3 Å². The highest BCUT2D eigenvalue weighted by Gasteiger charge is 2.12. The smallest absolute Gasteiger partial charge is 0.331 e. The summed E-state index contributed by atoms with van der Waals surface area (Å²) in [5, 5.41) is 6.05. The van der Waals surface area contributed by atoms with Crippen LogP contribution in [-0.2, 0) is 14.3 Å². The van der Waals surface area contributed by atoms with E-state index in [1.54, 1.807) is 37.3 Å². The van der Waals surface area contributed by atoms with Crippen molar-refractivity contribution in [3.63, 3.8) is 0 Å². The predicted octanol–water partition coefficient (Wildman–Crippen LogP) is 1.91. The highest BCUT2D eigenvalue weighted by Crippen LogP contribution is 2.32. The fraction of sp³-hybridized carbons (Fsp3) is 0.188. The zero-order chi connectivity index (χ0) is 16.9. The minimum Gasteiger partial charge on any atom is -0.454 e. The highest BCUT2D eigenvalue weighted by molar-refractivity contribution is 5.93. The summed E-state index contributed by atoms with van der Waals surface area (Å²) in [5.74, 6) is 0.318. The largest absolute Gasteiger partial charge is 0.454 e. The Morgan fingerprint density at radius 1 is 1.29 bits per heavy atom. The van der Waals surface area contributed by atoms with Crippen molar-refractivity contribution in [2.75, 3.05) is 18.7 Å². The van der Waals surface area contributed by atoms with E-state index in [4.69, 9.17) is 18.7 Å². The van der Waals surface area contributed by atoms with Crippen LogP contribution >= 0.6 is 0 Å². The van der Waals surface area contributed by atoms with Gasteiger partial charge in [-0.25, -0.2) is 4.79 Å². The van der Waals surface area contributed by atoms with Gasteiger partial charge < -0.3 is 18.7 Å². The number of ether oxygens (including phenoxy) is 3. The van der Waals surface area contributed by atoms with Gasteiger partial charge in [0.1, 0.15) is 0 Å². The van der Waals surface area contributed by atoms with Gasteiger partial charge in [0.2, 0.25) is 12.7 Å². The SMILES string of the molecule is Cc1cc(NC(=O)COC(=O)/C=C/c2ccc3c(c2)OCO3)on1. The standard InChI is InChI=1S/C16H14N2O6/c1-10-6-15(24-18-10)17-14(19)8-21-16(20)5-3-11-2-4-12-13(7-11)23-9-22-12/h2-7H,8-9H2,1H3,(H,17,19)/b5-3+. The van der Waals surface area contributed by atoms with Crippen molar-refractivity contribution in [2.45, 2.75) is 6.92 Å². The van der Waals surface area contributed by atoms with E-state index >= 15 is 0 Å². The number of rotatable bonds is 5. The van der Waals surface area contributed by atoms with Crippen LogP contribution in [0.3, 0.4) is 0 Å². The number of anilines is 1. The highest BCUT2D eigenvalue weighted by atomic mass is 16.7. The lowest BCUT2D eigenvalue weighted by Gasteiger charge is -2.01. The molecular weight excluding hydrogens is 316 g/mol. The molecule has 0 saturated carbocycles. The van der Waals surface area contributed by atoms with Gasteiger partial charge in [-0.2, -0.15) is 0 Å². The average molecular weight is 330 g/mol. The molecule has 1 amide bonds. The van der Waals surface area contributed by atoms with E-state index in [0.29, 0.717) is 17.2 Å². The fourth-order valence-corrected chi connectivity index (χ4v) is 1.96. The third-order valence-corrected chi connectivity index (χ3v) is 3.04. The molecule has 1 aromatic heterocycles. The second-order valence-electron chi connectivity index (χ2n) is 4.93. The van der Waals surface area contributed by atoms with Gasteiger partial charge in [-0.1, -0.05) is 11.2 Å². The number of aromatic nitrogens is 1. The Morgan fingerprint density at radius 3 is 2.92 bits per heavy atom. The minimum atomic E-state index is -0.642. The number of carbonyl (C=O) groups is 2. The number of nitrogens with zero attached hydrogens (tertiary/aromatic N) is 1. The molecule has 2 heterocycles. The molecule has 2 aromatic rings. The molecule has 0 spiro atoms. The first-order chi connectivity index (χ1) is 11.6. The van der Waals surface area contributed by atoms with Gasteiger partial charge in [0, 0.05) is 12.1 Å². The van der Waals surface area contributed by atoms with Gasteiger partial charge in [0.15, 0.2) is 18.1 Å². The number of hydrogen-bond donors (Lipinski definition) is 1. The number of carbonyl (C=O) groups excluding carboxylic acids is 2. The summed E-state index contributed by atoms with van der Waals surface area (Å²) in [7, 11) is 0. The second-order valence-corrected chi connectivity index (χ2v) is 4.93. The van der Waals surface area contributed by atoms with Crippen LogP contribution in [0.25, 0.3) is 6.08 Å². The molecule has 1 aromatic carbocycles. The molecule has 24 heavy (non-hydrogen) atoms. The van der Waals surface area contributed by atoms with Crippen LogP contribution in [0.15, 0.2) is 34.9 Å². The summed E-state index contributed by atoms with van der Waals surface area (Å²) in [5.41, 5.74) is 1.38.